The van der Waals surface area contributed by atoms with Crippen LogP contribution in [0.15, 0.2) is 12.1 Å². The Kier molecular flexibility index (Phi) is 2.74. The van der Waals surface area contributed by atoms with Gasteiger partial charge in [-0.3, -0.25) is 4.79 Å². The summed E-state index contributed by atoms with van der Waals surface area (Å²) in [5.41, 5.74) is 6.00. The van der Waals surface area contributed by atoms with Crippen LogP contribution in [-0.4, -0.2) is 47.2 Å². The van der Waals surface area contributed by atoms with Crippen molar-refractivity contribution in [2.45, 2.75) is 18.5 Å². The molecular weight excluding hydrogens is 206 g/mol. The number of nitrogens with one attached hydrogen (secondary N) is 1. The highest BCUT2D eigenvalue weighted by molar-refractivity contribution is 5.91. The topological polar surface area (TPSA) is 84.1 Å². The third-order valence-electron chi connectivity index (χ3n) is 2.46. The summed E-state index contributed by atoms with van der Waals surface area (Å²) in [6.45, 7) is 0. The van der Waals surface area contributed by atoms with E-state index >= 15 is 0 Å². The lowest BCUT2D eigenvalue weighted by Gasteiger charge is -2.09. The van der Waals surface area contributed by atoms with Crippen LogP contribution >= 0.6 is 0 Å². The van der Waals surface area contributed by atoms with E-state index in [1.807, 2.05) is 0 Å². The van der Waals surface area contributed by atoms with Crippen LogP contribution in [0.2, 0.25) is 0 Å². The van der Waals surface area contributed by atoms with E-state index in [4.69, 9.17) is 5.73 Å². The number of nitrogens with zero attached hydrogens (tertiary/aromatic N) is 3. The number of amides is 1. The smallest absolute Gasteiger partial charge is 0.273 e. The minimum atomic E-state index is -0.151. The van der Waals surface area contributed by atoms with Gasteiger partial charge in [0, 0.05) is 26.2 Å². The van der Waals surface area contributed by atoms with Gasteiger partial charge in [-0.1, -0.05) is 0 Å². The monoisotopic (exact) mass is 221 g/mol. The average Bonchev–Trinajstić information content (AvgIpc) is 2.94. The van der Waals surface area contributed by atoms with Crippen molar-refractivity contribution in [3.8, 4) is 0 Å². The molecule has 2 rings (SSSR count). The second kappa shape index (κ2) is 4.05. The summed E-state index contributed by atoms with van der Waals surface area (Å²) >= 11 is 0. The molecule has 0 saturated heterocycles. The maximum atomic E-state index is 11.5. The van der Waals surface area contributed by atoms with Gasteiger partial charge in [-0.2, -0.15) is 0 Å². The van der Waals surface area contributed by atoms with Crippen molar-refractivity contribution in [2.75, 3.05) is 19.4 Å². The predicted molar refractivity (Wildman–Crippen MR) is 60.1 cm³/mol. The van der Waals surface area contributed by atoms with E-state index in [9.17, 15) is 4.79 Å². The first kappa shape index (κ1) is 10.8. The van der Waals surface area contributed by atoms with Crippen LogP contribution in [-0.2, 0) is 0 Å². The number of hydrogen-bond donors (Lipinski definition) is 2. The Morgan fingerprint density at radius 1 is 1.50 bits per heavy atom. The summed E-state index contributed by atoms with van der Waals surface area (Å²) in [4.78, 5) is 13.0. The van der Waals surface area contributed by atoms with E-state index in [1.54, 1.807) is 26.2 Å². The fraction of sp³-hybridized carbons (Fsp3) is 0.500. The zero-order valence-electron chi connectivity index (χ0n) is 9.34. The molecule has 1 aromatic heterocycles. The molecule has 1 aromatic rings. The highest BCUT2D eigenvalue weighted by atomic mass is 16.2. The summed E-state index contributed by atoms with van der Waals surface area (Å²) in [6.07, 6.45) is 0.958. The molecule has 0 aliphatic heterocycles. The largest absolute Gasteiger partial charge is 0.364 e. The summed E-state index contributed by atoms with van der Waals surface area (Å²) in [5.74, 6) is 0.510. The first-order valence-electron chi connectivity index (χ1n) is 5.15. The van der Waals surface area contributed by atoms with Gasteiger partial charge in [-0.15, -0.1) is 10.2 Å². The van der Waals surface area contributed by atoms with Crippen LogP contribution in [0.25, 0.3) is 0 Å². The molecular formula is C10H15N5O. The van der Waals surface area contributed by atoms with Gasteiger partial charge in [0.05, 0.1) is 0 Å². The Morgan fingerprint density at radius 2 is 2.19 bits per heavy atom. The lowest BCUT2D eigenvalue weighted by atomic mass is 10.3. The lowest BCUT2D eigenvalue weighted by Crippen LogP contribution is -2.23. The van der Waals surface area contributed by atoms with E-state index in [-0.39, 0.29) is 11.9 Å². The van der Waals surface area contributed by atoms with Crippen LogP contribution in [0, 0.1) is 0 Å². The molecule has 0 spiro atoms. The molecule has 0 bridgehead atoms. The highest BCUT2D eigenvalue weighted by Gasteiger charge is 2.33. The third-order valence-corrected chi connectivity index (χ3v) is 2.46. The average molecular weight is 221 g/mol. The van der Waals surface area contributed by atoms with Gasteiger partial charge in [0.2, 0.25) is 0 Å². The summed E-state index contributed by atoms with van der Waals surface area (Å²) in [5, 5.41) is 10.9. The van der Waals surface area contributed by atoms with Crippen LogP contribution in [0.5, 0.6) is 0 Å². The van der Waals surface area contributed by atoms with Crippen LogP contribution < -0.4 is 11.1 Å². The van der Waals surface area contributed by atoms with Gasteiger partial charge in [0.15, 0.2) is 5.69 Å². The van der Waals surface area contributed by atoms with Crippen molar-refractivity contribution in [1.82, 2.24) is 15.1 Å². The first-order valence-corrected chi connectivity index (χ1v) is 5.15. The van der Waals surface area contributed by atoms with Gasteiger partial charge in [-0.25, -0.2) is 0 Å². The Balaban J connectivity index is 2.01. The van der Waals surface area contributed by atoms with Crippen molar-refractivity contribution < 1.29 is 4.79 Å². The normalized spacial score (nSPS) is 22.7. The molecule has 1 heterocycles. The number of nitrogens with two attached hydrogens (primary N) is 1. The van der Waals surface area contributed by atoms with Crippen molar-refractivity contribution in [2.24, 2.45) is 5.73 Å². The molecule has 2 unspecified atom stereocenters. The standard InChI is InChI=1S/C10H15N5O/c1-15(2)10(16)7-3-4-9(14-13-7)12-8-5-6(8)11/h3-4,6,8H,5,11H2,1-2H3,(H,12,14). The molecule has 1 saturated carbocycles. The molecule has 1 aliphatic rings. The number of anilines is 1. The molecule has 0 radical (unpaired) electrons. The quantitative estimate of drug-likeness (QED) is 0.731. The SMILES string of the molecule is CN(C)C(=O)c1ccc(NC2CC2N)nn1. The fourth-order valence-corrected chi connectivity index (χ4v) is 1.32. The van der Waals surface area contributed by atoms with Crippen molar-refractivity contribution in [1.29, 1.82) is 0 Å². The Hall–Kier alpha value is -1.69. The molecule has 1 amide bonds. The molecule has 2 atom stereocenters. The number of aromatic nitrogens is 2. The minimum absolute atomic E-state index is 0.151. The minimum Gasteiger partial charge on any atom is -0.364 e. The van der Waals surface area contributed by atoms with E-state index in [2.05, 4.69) is 15.5 Å². The van der Waals surface area contributed by atoms with E-state index in [0.717, 1.165) is 6.42 Å². The number of carbonyl (C=O) groups is 1. The van der Waals surface area contributed by atoms with Crippen molar-refractivity contribution in [3.05, 3.63) is 17.8 Å². The van der Waals surface area contributed by atoms with Crippen LogP contribution in [0.1, 0.15) is 16.9 Å². The first-order chi connectivity index (χ1) is 7.58. The zero-order valence-corrected chi connectivity index (χ0v) is 9.34. The molecule has 86 valence electrons. The van der Waals surface area contributed by atoms with E-state index in [1.165, 1.54) is 4.90 Å². The van der Waals surface area contributed by atoms with Crippen LogP contribution in [0.4, 0.5) is 5.82 Å². The molecule has 1 aliphatic carbocycles. The van der Waals surface area contributed by atoms with Gasteiger partial charge in [-0.05, 0) is 18.6 Å². The second-order valence-corrected chi connectivity index (χ2v) is 4.15. The van der Waals surface area contributed by atoms with Gasteiger partial charge in [0.1, 0.15) is 5.82 Å². The van der Waals surface area contributed by atoms with Gasteiger partial charge in [0.25, 0.3) is 5.91 Å². The number of carbonyl (C=O) groups excluding carboxylic acids is 1. The second-order valence-electron chi connectivity index (χ2n) is 4.15. The van der Waals surface area contributed by atoms with E-state index < -0.39 is 0 Å². The third kappa shape index (κ3) is 2.27. The Labute approximate surface area is 93.8 Å². The van der Waals surface area contributed by atoms with Crippen molar-refractivity contribution in [3.63, 3.8) is 0 Å². The number of hydrogen-bond acceptors (Lipinski definition) is 5. The number of rotatable bonds is 3. The molecule has 1 fully saturated rings. The van der Waals surface area contributed by atoms with E-state index in [0.29, 0.717) is 17.6 Å². The fourth-order valence-electron chi connectivity index (χ4n) is 1.32. The molecule has 6 nitrogen and oxygen atoms in total. The predicted octanol–water partition coefficient (Wildman–Crippen LogP) is -0.310. The van der Waals surface area contributed by atoms with Gasteiger partial charge >= 0.3 is 0 Å². The molecule has 0 aromatic carbocycles. The van der Waals surface area contributed by atoms with Crippen LogP contribution in [0.3, 0.4) is 0 Å². The zero-order chi connectivity index (χ0) is 11.7. The maximum Gasteiger partial charge on any atom is 0.273 e. The lowest BCUT2D eigenvalue weighted by molar-refractivity contribution is 0.0821. The summed E-state index contributed by atoms with van der Waals surface area (Å²) in [7, 11) is 3.36. The Morgan fingerprint density at radius 3 is 2.62 bits per heavy atom. The molecule has 6 heteroatoms. The maximum absolute atomic E-state index is 11.5. The van der Waals surface area contributed by atoms with Crippen molar-refractivity contribution >= 4 is 11.7 Å². The highest BCUT2D eigenvalue weighted by Crippen LogP contribution is 2.22. The Bertz CT molecular complexity index is 389. The molecule has 3 N–H and O–H groups in total. The van der Waals surface area contributed by atoms with Gasteiger partial charge < -0.3 is 16.0 Å². The molecule has 16 heavy (non-hydrogen) atoms. The summed E-state index contributed by atoms with van der Waals surface area (Å²) < 4.78 is 0. The summed E-state index contributed by atoms with van der Waals surface area (Å²) in [6, 6.07) is 3.91.